The van der Waals surface area contributed by atoms with Crippen LogP contribution in [0.4, 0.5) is 10.5 Å². The number of amides is 3. The first-order valence-corrected chi connectivity index (χ1v) is 8.34. The maximum Gasteiger partial charge on any atom is 0.337 e. The molecule has 0 atom stereocenters. The van der Waals surface area contributed by atoms with Crippen LogP contribution in [0, 0.1) is 13.8 Å². The summed E-state index contributed by atoms with van der Waals surface area (Å²) < 4.78 is 0. The minimum absolute atomic E-state index is 0.329. The largest absolute Gasteiger partial charge is 0.337 e. The summed E-state index contributed by atoms with van der Waals surface area (Å²) in [6, 6.07) is 12.9. The van der Waals surface area contributed by atoms with Gasteiger partial charge in [0.25, 0.3) is 5.91 Å². The van der Waals surface area contributed by atoms with Crippen molar-refractivity contribution in [3.63, 3.8) is 0 Å². The molecule has 0 aliphatic heterocycles. The summed E-state index contributed by atoms with van der Waals surface area (Å²) in [6.07, 6.45) is 0. The number of urea groups is 1. The Kier molecular flexibility index (Phi) is 4.48. The van der Waals surface area contributed by atoms with Crippen molar-refractivity contribution in [3.8, 4) is 0 Å². The van der Waals surface area contributed by atoms with Crippen molar-refractivity contribution >= 4 is 39.7 Å². The molecule has 5 nitrogen and oxygen atoms in total. The molecule has 0 bridgehead atoms. The van der Waals surface area contributed by atoms with E-state index in [9.17, 15) is 9.59 Å². The van der Waals surface area contributed by atoms with Gasteiger partial charge in [-0.25, -0.2) is 10.2 Å². The molecule has 1 heterocycles. The van der Waals surface area contributed by atoms with E-state index in [0.29, 0.717) is 11.3 Å². The number of carbonyl (C=O) groups excluding carboxylic acids is 2. The Labute approximate surface area is 143 Å². The molecule has 3 aromatic rings. The van der Waals surface area contributed by atoms with Crippen LogP contribution >= 0.6 is 11.3 Å². The fourth-order valence-electron chi connectivity index (χ4n) is 2.41. The summed E-state index contributed by atoms with van der Waals surface area (Å²) in [4.78, 5) is 25.2. The average molecular weight is 339 g/mol. The normalized spacial score (nSPS) is 10.4. The van der Waals surface area contributed by atoms with Gasteiger partial charge in [0.2, 0.25) is 0 Å². The van der Waals surface area contributed by atoms with Gasteiger partial charge >= 0.3 is 6.03 Å². The Balaban J connectivity index is 1.65. The van der Waals surface area contributed by atoms with Crippen LogP contribution in [0.15, 0.2) is 47.8 Å². The molecule has 0 saturated heterocycles. The number of hydrogen-bond donors (Lipinski definition) is 3. The summed E-state index contributed by atoms with van der Waals surface area (Å²) in [5.41, 5.74) is 6.99. The van der Waals surface area contributed by atoms with Crippen molar-refractivity contribution in [2.24, 2.45) is 0 Å². The summed E-state index contributed by atoms with van der Waals surface area (Å²) >= 11 is 1.51. The predicted molar refractivity (Wildman–Crippen MR) is 97.4 cm³/mol. The molecule has 3 amide bonds. The molecular weight excluding hydrogens is 322 g/mol. The van der Waals surface area contributed by atoms with Gasteiger partial charge in [0.05, 0.1) is 11.3 Å². The zero-order chi connectivity index (χ0) is 17.1. The van der Waals surface area contributed by atoms with Gasteiger partial charge in [-0.3, -0.25) is 10.2 Å². The zero-order valence-electron chi connectivity index (χ0n) is 13.3. The van der Waals surface area contributed by atoms with E-state index < -0.39 is 6.03 Å². The predicted octanol–water partition coefficient (Wildman–Crippen LogP) is 3.98. The SMILES string of the molecule is Cc1scc(C(=O)NNC(=O)Nc2cccc3ccccc23)c1C. The van der Waals surface area contributed by atoms with Gasteiger partial charge in [-0.2, -0.15) is 0 Å². The van der Waals surface area contributed by atoms with Crippen LogP contribution in [0.2, 0.25) is 0 Å². The van der Waals surface area contributed by atoms with Crippen LogP contribution in [0.5, 0.6) is 0 Å². The minimum Gasteiger partial charge on any atom is -0.306 e. The lowest BCUT2D eigenvalue weighted by Gasteiger charge is -2.11. The molecule has 0 unspecified atom stereocenters. The van der Waals surface area contributed by atoms with Gasteiger partial charge in [0.1, 0.15) is 0 Å². The van der Waals surface area contributed by atoms with Crippen molar-refractivity contribution in [1.82, 2.24) is 10.9 Å². The third kappa shape index (κ3) is 3.23. The van der Waals surface area contributed by atoms with Crippen molar-refractivity contribution in [2.75, 3.05) is 5.32 Å². The quantitative estimate of drug-likeness (QED) is 0.618. The monoisotopic (exact) mass is 339 g/mol. The van der Waals surface area contributed by atoms with Crippen molar-refractivity contribution in [2.45, 2.75) is 13.8 Å². The van der Waals surface area contributed by atoms with Gasteiger partial charge < -0.3 is 5.32 Å². The van der Waals surface area contributed by atoms with E-state index in [2.05, 4.69) is 16.2 Å². The van der Waals surface area contributed by atoms with E-state index in [4.69, 9.17) is 0 Å². The summed E-state index contributed by atoms with van der Waals surface area (Å²) in [5.74, 6) is -0.329. The van der Waals surface area contributed by atoms with E-state index in [-0.39, 0.29) is 5.91 Å². The first-order valence-electron chi connectivity index (χ1n) is 7.46. The second kappa shape index (κ2) is 6.72. The molecule has 1 aromatic heterocycles. The summed E-state index contributed by atoms with van der Waals surface area (Å²) in [6.45, 7) is 3.84. The van der Waals surface area contributed by atoms with Crippen LogP contribution in [0.1, 0.15) is 20.8 Å². The molecule has 0 aliphatic carbocycles. The number of aryl methyl sites for hydroxylation is 1. The minimum atomic E-state index is -0.496. The highest BCUT2D eigenvalue weighted by Crippen LogP contribution is 2.23. The van der Waals surface area contributed by atoms with Gasteiger partial charge in [-0.1, -0.05) is 36.4 Å². The fraction of sp³-hybridized carbons (Fsp3) is 0.111. The number of nitrogens with one attached hydrogen (secondary N) is 3. The van der Waals surface area contributed by atoms with E-state index in [0.717, 1.165) is 21.2 Å². The highest BCUT2D eigenvalue weighted by Gasteiger charge is 2.13. The molecule has 3 rings (SSSR count). The molecule has 3 N–H and O–H groups in total. The molecule has 0 aliphatic rings. The second-order valence-electron chi connectivity index (χ2n) is 5.39. The molecule has 6 heteroatoms. The van der Waals surface area contributed by atoms with Crippen molar-refractivity contribution < 1.29 is 9.59 Å². The summed E-state index contributed by atoms with van der Waals surface area (Å²) in [7, 11) is 0. The molecule has 122 valence electrons. The highest BCUT2D eigenvalue weighted by atomic mass is 32.1. The van der Waals surface area contributed by atoms with E-state index in [1.807, 2.05) is 56.3 Å². The van der Waals surface area contributed by atoms with Crippen LogP contribution in [-0.2, 0) is 0 Å². The molecular formula is C18H17N3O2S. The lowest BCUT2D eigenvalue weighted by Crippen LogP contribution is -2.44. The number of thiophene rings is 1. The fourth-order valence-corrected chi connectivity index (χ4v) is 3.27. The molecule has 2 aromatic carbocycles. The Hall–Kier alpha value is -2.86. The third-order valence-corrected chi connectivity index (χ3v) is 4.87. The van der Waals surface area contributed by atoms with Gasteiger partial charge in [-0.15, -0.1) is 11.3 Å². The number of fused-ring (bicyclic) bond motifs is 1. The number of anilines is 1. The van der Waals surface area contributed by atoms with E-state index in [1.165, 1.54) is 11.3 Å². The Morgan fingerprint density at radius 2 is 1.71 bits per heavy atom. The topological polar surface area (TPSA) is 70.2 Å². The third-order valence-electron chi connectivity index (χ3n) is 3.86. The van der Waals surface area contributed by atoms with Crippen molar-refractivity contribution in [3.05, 3.63) is 63.8 Å². The maximum atomic E-state index is 12.1. The number of rotatable bonds is 2. The van der Waals surface area contributed by atoms with Crippen molar-refractivity contribution in [1.29, 1.82) is 0 Å². The first-order chi connectivity index (χ1) is 11.6. The summed E-state index contributed by atoms with van der Waals surface area (Å²) in [5, 5.41) is 6.50. The van der Waals surface area contributed by atoms with Gasteiger partial charge in [-0.05, 0) is 30.9 Å². The molecule has 0 saturated carbocycles. The molecule has 0 radical (unpaired) electrons. The number of hydrazine groups is 1. The van der Waals surface area contributed by atoms with Gasteiger partial charge in [0.15, 0.2) is 0 Å². The Morgan fingerprint density at radius 3 is 2.46 bits per heavy atom. The lowest BCUT2D eigenvalue weighted by atomic mass is 10.1. The van der Waals surface area contributed by atoms with Gasteiger partial charge in [0, 0.05) is 15.6 Å². The molecule has 24 heavy (non-hydrogen) atoms. The number of hydrogen-bond acceptors (Lipinski definition) is 3. The lowest BCUT2D eigenvalue weighted by molar-refractivity contribution is 0.0937. The van der Waals surface area contributed by atoms with E-state index >= 15 is 0 Å². The van der Waals surface area contributed by atoms with Crippen LogP contribution in [-0.4, -0.2) is 11.9 Å². The highest BCUT2D eigenvalue weighted by molar-refractivity contribution is 7.10. The Morgan fingerprint density at radius 1 is 0.958 bits per heavy atom. The maximum absolute atomic E-state index is 12.1. The van der Waals surface area contributed by atoms with Crippen LogP contribution < -0.4 is 16.2 Å². The standard InChI is InChI=1S/C18H17N3O2S/c1-11-12(2)24-10-15(11)17(22)20-21-18(23)19-16-9-5-7-13-6-3-4-8-14(13)16/h3-10H,1-2H3,(H,20,22)(H2,19,21,23). The molecule has 0 spiro atoms. The Bertz CT molecular complexity index is 912. The number of benzene rings is 2. The molecule has 0 fully saturated rings. The second-order valence-corrected chi connectivity index (χ2v) is 6.47. The smallest absolute Gasteiger partial charge is 0.306 e. The average Bonchev–Trinajstić information content (AvgIpc) is 2.92. The van der Waals surface area contributed by atoms with E-state index in [1.54, 1.807) is 5.38 Å². The van der Waals surface area contributed by atoms with Crippen LogP contribution in [0.25, 0.3) is 10.8 Å². The zero-order valence-corrected chi connectivity index (χ0v) is 14.2. The van der Waals surface area contributed by atoms with Crippen LogP contribution in [0.3, 0.4) is 0 Å². The first kappa shape index (κ1) is 16.0. The number of carbonyl (C=O) groups is 2.